The van der Waals surface area contributed by atoms with Crippen LogP contribution in [-0.4, -0.2) is 30.7 Å². The Morgan fingerprint density at radius 1 is 1.53 bits per heavy atom. The van der Waals surface area contributed by atoms with Crippen molar-refractivity contribution in [3.8, 4) is 5.75 Å². The van der Waals surface area contributed by atoms with Crippen LogP contribution in [-0.2, 0) is 0 Å². The van der Waals surface area contributed by atoms with E-state index in [1.54, 1.807) is 12.1 Å². The van der Waals surface area contributed by atoms with Crippen LogP contribution in [0.1, 0.15) is 13.8 Å². The zero-order chi connectivity index (χ0) is 14.0. The zero-order valence-electron chi connectivity index (χ0n) is 11.2. The van der Waals surface area contributed by atoms with E-state index in [1.165, 1.54) is 6.07 Å². The third-order valence-electron chi connectivity index (χ3n) is 3.48. The summed E-state index contributed by atoms with van der Waals surface area (Å²) in [5, 5.41) is 10.9. The van der Waals surface area contributed by atoms with Crippen molar-refractivity contribution in [1.29, 1.82) is 0 Å². The van der Waals surface area contributed by atoms with Gasteiger partial charge in [0.1, 0.15) is 0 Å². The summed E-state index contributed by atoms with van der Waals surface area (Å²) < 4.78 is 5.35. The average molecular weight is 265 g/mol. The summed E-state index contributed by atoms with van der Waals surface area (Å²) in [5.74, 6) is 0.740. The summed E-state index contributed by atoms with van der Waals surface area (Å²) in [7, 11) is 0. The molecule has 0 spiro atoms. The van der Waals surface area contributed by atoms with Crippen molar-refractivity contribution < 1.29 is 9.66 Å². The third-order valence-corrected chi connectivity index (χ3v) is 3.48. The first-order chi connectivity index (χ1) is 9.02. The fourth-order valence-electron chi connectivity index (χ4n) is 2.32. The third kappa shape index (κ3) is 2.78. The van der Waals surface area contributed by atoms with Crippen LogP contribution in [0.2, 0.25) is 0 Å². The number of hydrogen-bond donors (Lipinski definition) is 1. The lowest BCUT2D eigenvalue weighted by atomic mass is 10.1. The number of nitro groups is 1. The Kier molecular flexibility index (Phi) is 3.90. The maximum absolute atomic E-state index is 10.9. The van der Waals surface area contributed by atoms with E-state index in [1.807, 2.05) is 6.92 Å². The molecule has 2 unspecified atom stereocenters. The van der Waals surface area contributed by atoms with Crippen molar-refractivity contribution in [2.24, 2.45) is 11.7 Å². The molecule has 0 saturated carbocycles. The Balaban J connectivity index is 2.28. The van der Waals surface area contributed by atoms with Gasteiger partial charge in [-0.3, -0.25) is 10.1 Å². The highest BCUT2D eigenvalue weighted by atomic mass is 16.6. The lowest BCUT2D eigenvalue weighted by Crippen LogP contribution is -2.28. The van der Waals surface area contributed by atoms with Gasteiger partial charge in [-0.15, -0.1) is 0 Å². The van der Waals surface area contributed by atoms with Crippen LogP contribution in [0.3, 0.4) is 0 Å². The molecule has 2 atom stereocenters. The number of rotatable bonds is 4. The average Bonchev–Trinajstić information content (AvgIpc) is 2.70. The van der Waals surface area contributed by atoms with Gasteiger partial charge < -0.3 is 15.4 Å². The van der Waals surface area contributed by atoms with Gasteiger partial charge in [-0.2, -0.15) is 0 Å². The Morgan fingerprint density at radius 3 is 2.79 bits per heavy atom. The molecule has 0 aliphatic carbocycles. The molecule has 1 aromatic carbocycles. The smallest absolute Gasteiger partial charge is 0.311 e. The highest BCUT2D eigenvalue weighted by Crippen LogP contribution is 2.33. The molecule has 6 heteroatoms. The predicted molar refractivity (Wildman–Crippen MR) is 73.6 cm³/mol. The maximum Gasteiger partial charge on any atom is 0.311 e. The van der Waals surface area contributed by atoms with Crippen molar-refractivity contribution in [1.82, 2.24) is 0 Å². The molecule has 0 radical (unpaired) electrons. The van der Waals surface area contributed by atoms with E-state index in [4.69, 9.17) is 10.5 Å². The molecule has 0 amide bonds. The van der Waals surface area contributed by atoms with E-state index in [0.717, 1.165) is 18.8 Å². The lowest BCUT2D eigenvalue weighted by Gasteiger charge is -2.19. The van der Waals surface area contributed by atoms with Crippen molar-refractivity contribution >= 4 is 11.4 Å². The molecule has 1 heterocycles. The summed E-state index contributed by atoms with van der Waals surface area (Å²) in [6.07, 6.45) is 0. The number of nitro benzene ring substituents is 1. The molecule has 1 aliphatic rings. The highest BCUT2D eigenvalue weighted by Gasteiger charge is 2.28. The van der Waals surface area contributed by atoms with Gasteiger partial charge in [-0.25, -0.2) is 0 Å². The van der Waals surface area contributed by atoms with Crippen LogP contribution in [0.15, 0.2) is 18.2 Å². The van der Waals surface area contributed by atoms with Gasteiger partial charge in [-0.1, -0.05) is 6.92 Å². The number of nitrogens with two attached hydrogens (primary N) is 1. The second kappa shape index (κ2) is 5.44. The van der Waals surface area contributed by atoms with Gasteiger partial charge >= 0.3 is 5.69 Å². The quantitative estimate of drug-likeness (QED) is 0.663. The Morgan fingerprint density at radius 2 is 2.26 bits per heavy atom. The van der Waals surface area contributed by atoms with E-state index in [-0.39, 0.29) is 11.7 Å². The van der Waals surface area contributed by atoms with Gasteiger partial charge in [0, 0.05) is 37.0 Å². The summed E-state index contributed by atoms with van der Waals surface area (Å²) >= 11 is 0. The first-order valence-corrected chi connectivity index (χ1v) is 6.44. The van der Waals surface area contributed by atoms with E-state index in [0.29, 0.717) is 18.3 Å². The SMILES string of the molecule is CCOc1cc(N2CC(C)C(N)C2)ccc1[N+](=O)[O-]. The first-order valence-electron chi connectivity index (χ1n) is 6.44. The topological polar surface area (TPSA) is 81.6 Å². The van der Waals surface area contributed by atoms with E-state index < -0.39 is 4.92 Å². The maximum atomic E-state index is 10.9. The molecular weight excluding hydrogens is 246 g/mol. The van der Waals surface area contributed by atoms with E-state index >= 15 is 0 Å². The number of ether oxygens (including phenoxy) is 1. The molecule has 19 heavy (non-hydrogen) atoms. The molecule has 2 rings (SSSR count). The summed E-state index contributed by atoms with van der Waals surface area (Å²) in [6, 6.07) is 5.12. The lowest BCUT2D eigenvalue weighted by molar-refractivity contribution is -0.385. The molecule has 104 valence electrons. The van der Waals surface area contributed by atoms with E-state index in [2.05, 4.69) is 11.8 Å². The molecule has 0 bridgehead atoms. The van der Waals surface area contributed by atoms with Gasteiger partial charge in [0.15, 0.2) is 5.75 Å². The van der Waals surface area contributed by atoms with Crippen molar-refractivity contribution in [2.75, 3.05) is 24.6 Å². The molecular formula is C13H19N3O3. The van der Waals surface area contributed by atoms with Gasteiger partial charge in [0.05, 0.1) is 11.5 Å². The predicted octanol–water partition coefficient (Wildman–Crippen LogP) is 1.78. The van der Waals surface area contributed by atoms with Crippen LogP contribution in [0.5, 0.6) is 5.75 Å². The largest absolute Gasteiger partial charge is 0.487 e. The van der Waals surface area contributed by atoms with Gasteiger partial charge in [0.25, 0.3) is 0 Å². The number of nitrogens with zero attached hydrogens (tertiary/aromatic N) is 2. The minimum atomic E-state index is -0.423. The summed E-state index contributed by atoms with van der Waals surface area (Å²) in [5.41, 5.74) is 6.93. The minimum Gasteiger partial charge on any atom is -0.487 e. The summed E-state index contributed by atoms with van der Waals surface area (Å²) in [4.78, 5) is 12.6. The van der Waals surface area contributed by atoms with Crippen LogP contribution in [0, 0.1) is 16.0 Å². The number of benzene rings is 1. The first kappa shape index (κ1) is 13.6. The normalized spacial score (nSPS) is 22.6. The Labute approximate surface area is 112 Å². The van der Waals surface area contributed by atoms with Crippen LogP contribution >= 0.6 is 0 Å². The number of hydrogen-bond acceptors (Lipinski definition) is 5. The molecule has 6 nitrogen and oxygen atoms in total. The van der Waals surface area contributed by atoms with Gasteiger partial charge in [0.2, 0.25) is 0 Å². The molecule has 1 fully saturated rings. The second-order valence-electron chi connectivity index (χ2n) is 4.89. The zero-order valence-corrected chi connectivity index (χ0v) is 11.2. The fraction of sp³-hybridized carbons (Fsp3) is 0.538. The van der Waals surface area contributed by atoms with E-state index in [9.17, 15) is 10.1 Å². The fourth-order valence-corrected chi connectivity index (χ4v) is 2.32. The van der Waals surface area contributed by atoms with Crippen molar-refractivity contribution in [3.63, 3.8) is 0 Å². The molecule has 1 aromatic rings. The Hall–Kier alpha value is -1.82. The van der Waals surface area contributed by atoms with Crippen molar-refractivity contribution in [2.45, 2.75) is 19.9 Å². The Bertz CT molecular complexity index is 468. The molecule has 0 aromatic heterocycles. The number of anilines is 1. The highest BCUT2D eigenvalue weighted by molar-refractivity contribution is 5.60. The standard InChI is InChI=1S/C13H19N3O3/c1-3-19-13-6-10(4-5-12(13)16(17)18)15-7-9(2)11(14)8-15/h4-6,9,11H,3,7-8,14H2,1-2H3. The molecule has 1 aliphatic heterocycles. The molecule has 2 N–H and O–H groups in total. The van der Waals surface area contributed by atoms with Crippen LogP contribution in [0.4, 0.5) is 11.4 Å². The van der Waals surface area contributed by atoms with Gasteiger partial charge in [-0.05, 0) is 18.9 Å². The monoisotopic (exact) mass is 265 g/mol. The van der Waals surface area contributed by atoms with Crippen molar-refractivity contribution in [3.05, 3.63) is 28.3 Å². The minimum absolute atomic E-state index is 0.00199. The van der Waals surface area contributed by atoms with Crippen LogP contribution in [0.25, 0.3) is 0 Å². The molecule has 1 saturated heterocycles. The summed E-state index contributed by atoms with van der Waals surface area (Å²) in [6.45, 7) is 5.96. The van der Waals surface area contributed by atoms with Crippen LogP contribution < -0.4 is 15.4 Å². The second-order valence-corrected chi connectivity index (χ2v) is 4.89.